The summed E-state index contributed by atoms with van der Waals surface area (Å²) in [6.07, 6.45) is 0.665. The molecule has 1 aliphatic heterocycles. The van der Waals surface area contributed by atoms with Crippen LogP contribution in [0.25, 0.3) is 0 Å². The molecular weight excluding hydrogens is 320 g/mol. The first-order valence-corrected chi connectivity index (χ1v) is 9.28. The molecule has 1 aliphatic rings. The van der Waals surface area contributed by atoms with E-state index < -0.39 is 9.84 Å². The van der Waals surface area contributed by atoms with Gasteiger partial charge in [-0.3, -0.25) is 4.79 Å². The average Bonchev–Trinajstić information content (AvgIpc) is 2.65. The molecule has 0 aromatic rings. The number of nitrogens with zero attached hydrogens (tertiary/aromatic N) is 1. The van der Waals surface area contributed by atoms with E-state index in [9.17, 15) is 13.2 Å². The lowest BCUT2D eigenvalue weighted by atomic mass is 9.93. The summed E-state index contributed by atoms with van der Waals surface area (Å²) in [6, 6.07) is 0. The maximum atomic E-state index is 12.0. The van der Waals surface area contributed by atoms with Crippen molar-refractivity contribution in [2.24, 2.45) is 11.1 Å². The number of thioether (sulfide) groups is 1. The second-order valence-electron chi connectivity index (χ2n) is 5.95. The van der Waals surface area contributed by atoms with Crippen LogP contribution in [0.2, 0.25) is 0 Å². The molecule has 8 heteroatoms. The smallest absolute Gasteiger partial charge is 0.232 e. The number of sulfone groups is 1. The van der Waals surface area contributed by atoms with Crippen LogP contribution in [0.1, 0.15) is 20.3 Å². The summed E-state index contributed by atoms with van der Waals surface area (Å²) in [4.78, 5) is 13.7. The molecule has 0 spiro atoms. The topological polar surface area (TPSA) is 80.5 Å². The van der Waals surface area contributed by atoms with E-state index in [0.29, 0.717) is 25.3 Å². The molecule has 1 unspecified atom stereocenters. The summed E-state index contributed by atoms with van der Waals surface area (Å²) in [5.74, 6) is 0.852. The Labute approximate surface area is 132 Å². The normalized spacial score (nSPS) is 21.3. The van der Waals surface area contributed by atoms with Crippen LogP contribution in [0.3, 0.4) is 0 Å². The van der Waals surface area contributed by atoms with Crippen LogP contribution in [0, 0.1) is 5.41 Å². The van der Waals surface area contributed by atoms with Gasteiger partial charge in [-0.15, -0.1) is 24.2 Å². The lowest BCUT2D eigenvalue weighted by molar-refractivity contribution is -0.128. The highest BCUT2D eigenvalue weighted by Crippen LogP contribution is 2.24. The van der Waals surface area contributed by atoms with Gasteiger partial charge in [0.2, 0.25) is 5.91 Å². The predicted octanol–water partition coefficient (Wildman–Crippen LogP) is 0.772. The Kier molecular flexibility index (Phi) is 7.87. The van der Waals surface area contributed by atoms with Gasteiger partial charge in [0.05, 0.1) is 17.3 Å². The summed E-state index contributed by atoms with van der Waals surface area (Å²) in [5, 5.41) is 0.0740. The van der Waals surface area contributed by atoms with E-state index >= 15 is 0 Å². The van der Waals surface area contributed by atoms with E-state index in [1.54, 1.807) is 11.9 Å². The van der Waals surface area contributed by atoms with Gasteiger partial charge in [-0.1, -0.05) is 13.8 Å². The molecule has 0 aromatic carbocycles. The fourth-order valence-corrected chi connectivity index (χ4v) is 5.57. The molecule has 5 nitrogen and oxygen atoms in total. The van der Waals surface area contributed by atoms with E-state index in [4.69, 9.17) is 5.73 Å². The van der Waals surface area contributed by atoms with Crippen molar-refractivity contribution in [3.8, 4) is 0 Å². The minimum atomic E-state index is -2.86. The molecule has 1 atom stereocenters. The zero-order chi connectivity index (χ0) is 14.7. The Bertz CT molecular complexity index is 426. The van der Waals surface area contributed by atoms with Crippen molar-refractivity contribution in [3.63, 3.8) is 0 Å². The molecule has 1 rings (SSSR count). The van der Waals surface area contributed by atoms with Crippen LogP contribution in [0.4, 0.5) is 0 Å². The monoisotopic (exact) mass is 344 g/mol. The Balaban J connectivity index is 0.00000361. The van der Waals surface area contributed by atoms with Crippen molar-refractivity contribution in [1.82, 2.24) is 4.90 Å². The van der Waals surface area contributed by atoms with Crippen molar-refractivity contribution in [3.05, 3.63) is 0 Å². The molecule has 0 radical (unpaired) electrons. The zero-order valence-electron chi connectivity index (χ0n) is 12.3. The summed E-state index contributed by atoms with van der Waals surface area (Å²) in [7, 11) is -1.09. The first-order chi connectivity index (χ1) is 8.65. The van der Waals surface area contributed by atoms with Crippen molar-refractivity contribution < 1.29 is 13.2 Å². The second kappa shape index (κ2) is 7.87. The molecule has 0 bridgehead atoms. The highest BCUT2D eigenvalue weighted by Gasteiger charge is 2.29. The van der Waals surface area contributed by atoms with Gasteiger partial charge in [-0.25, -0.2) is 8.42 Å². The zero-order valence-corrected chi connectivity index (χ0v) is 14.7. The third-order valence-corrected chi connectivity index (χ3v) is 6.54. The van der Waals surface area contributed by atoms with Gasteiger partial charge < -0.3 is 10.6 Å². The molecule has 1 fully saturated rings. The average molecular weight is 345 g/mol. The van der Waals surface area contributed by atoms with E-state index in [0.717, 1.165) is 0 Å². The van der Waals surface area contributed by atoms with Crippen LogP contribution < -0.4 is 5.73 Å². The molecule has 1 saturated heterocycles. The number of amides is 1. The molecule has 120 valence electrons. The molecule has 0 aromatic heterocycles. The summed E-state index contributed by atoms with van der Waals surface area (Å²) >= 11 is 1.45. The van der Waals surface area contributed by atoms with Crippen LogP contribution in [-0.4, -0.2) is 61.9 Å². The maximum absolute atomic E-state index is 12.0. The minimum Gasteiger partial charge on any atom is -0.344 e. The SMILES string of the molecule is CN(CC(C)(C)CN)C(=O)CSC1CCS(=O)(=O)C1.Cl. The van der Waals surface area contributed by atoms with E-state index in [-0.39, 0.29) is 40.5 Å². The van der Waals surface area contributed by atoms with Gasteiger partial charge in [-0.2, -0.15) is 0 Å². The Hall–Kier alpha value is 0.0200. The van der Waals surface area contributed by atoms with Gasteiger partial charge in [0.15, 0.2) is 9.84 Å². The minimum absolute atomic E-state index is 0. The summed E-state index contributed by atoms with van der Waals surface area (Å²) in [5.41, 5.74) is 5.56. The van der Waals surface area contributed by atoms with Crippen molar-refractivity contribution >= 4 is 39.9 Å². The van der Waals surface area contributed by atoms with Crippen molar-refractivity contribution in [2.75, 3.05) is 37.4 Å². The number of rotatable bonds is 6. The first kappa shape index (κ1) is 20.0. The number of carbonyl (C=O) groups is 1. The molecule has 2 N–H and O–H groups in total. The van der Waals surface area contributed by atoms with Crippen molar-refractivity contribution in [2.45, 2.75) is 25.5 Å². The fourth-order valence-electron chi connectivity index (χ4n) is 1.99. The number of halogens is 1. The third kappa shape index (κ3) is 6.65. The number of carbonyl (C=O) groups excluding carboxylic acids is 1. The summed E-state index contributed by atoms with van der Waals surface area (Å²) in [6.45, 7) is 5.19. The summed E-state index contributed by atoms with van der Waals surface area (Å²) < 4.78 is 22.6. The molecular formula is C12H25ClN2O3S2. The number of nitrogens with two attached hydrogens (primary N) is 1. The second-order valence-corrected chi connectivity index (χ2v) is 9.47. The standard InChI is InChI=1S/C12H24N2O3S2.ClH/c1-12(2,8-13)9-14(3)11(15)6-18-10-4-5-19(16,17)7-10;/h10H,4-9,13H2,1-3H3;1H. The lowest BCUT2D eigenvalue weighted by Gasteiger charge is -2.29. The molecule has 1 heterocycles. The van der Waals surface area contributed by atoms with Gasteiger partial charge >= 0.3 is 0 Å². The molecule has 1 amide bonds. The fraction of sp³-hybridized carbons (Fsp3) is 0.917. The highest BCUT2D eigenvalue weighted by atomic mass is 35.5. The van der Waals surface area contributed by atoms with Crippen LogP contribution in [0.15, 0.2) is 0 Å². The Morgan fingerprint density at radius 1 is 1.45 bits per heavy atom. The van der Waals surface area contributed by atoms with Crippen LogP contribution in [-0.2, 0) is 14.6 Å². The largest absolute Gasteiger partial charge is 0.344 e. The molecule has 20 heavy (non-hydrogen) atoms. The highest BCUT2D eigenvalue weighted by molar-refractivity contribution is 8.02. The van der Waals surface area contributed by atoms with Gasteiger partial charge in [0, 0.05) is 18.8 Å². The number of hydrogen-bond acceptors (Lipinski definition) is 5. The Morgan fingerprint density at radius 2 is 2.05 bits per heavy atom. The van der Waals surface area contributed by atoms with Gasteiger partial charge in [0.1, 0.15) is 0 Å². The van der Waals surface area contributed by atoms with E-state index in [1.165, 1.54) is 11.8 Å². The maximum Gasteiger partial charge on any atom is 0.232 e. The van der Waals surface area contributed by atoms with Gasteiger partial charge in [-0.05, 0) is 18.4 Å². The third-order valence-electron chi connectivity index (χ3n) is 3.28. The predicted molar refractivity (Wildman–Crippen MR) is 87.2 cm³/mol. The first-order valence-electron chi connectivity index (χ1n) is 6.41. The molecule has 0 aliphatic carbocycles. The Morgan fingerprint density at radius 3 is 2.50 bits per heavy atom. The quantitative estimate of drug-likeness (QED) is 0.769. The van der Waals surface area contributed by atoms with Crippen LogP contribution >= 0.6 is 24.2 Å². The molecule has 0 saturated carbocycles. The lowest BCUT2D eigenvalue weighted by Crippen LogP contribution is -2.40. The van der Waals surface area contributed by atoms with Crippen molar-refractivity contribution in [1.29, 1.82) is 0 Å². The van der Waals surface area contributed by atoms with E-state index in [1.807, 2.05) is 13.8 Å². The number of hydrogen-bond donors (Lipinski definition) is 1. The van der Waals surface area contributed by atoms with Gasteiger partial charge in [0.25, 0.3) is 0 Å². The van der Waals surface area contributed by atoms with E-state index in [2.05, 4.69) is 0 Å². The van der Waals surface area contributed by atoms with Crippen LogP contribution in [0.5, 0.6) is 0 Å².